The van der Waals surface area contributed by atoms with Crippen LogP contribution >= 0.6 is 11.8 Å². The summed E-state index contributed by atoms with van der Waals surface area (Å²) in [5, 5.41) is 11.8. The molecular formula is C17H16N2OS. The van der Waals surface area contributed by atoms with E-state index in [1.54, 1.807) is 24.3 Å². The van der Waals surface area contributed by atoms with Crippen molar-refractivity contribution < 1.29 is 4.79 Å². The smallest absolute Gasteiger partial charge is 0.234 e. The van der Waals surface area contributed by atoms with Crippen molar-refractivity contribution in [3.8, 4) is 6.07 Å². The van der Waals surface area contributed by atoms with E-state index < -0.39 is 0 Å². The first-order valence-electron chi connectivity index (χ1n) is 6.59. The average Bonchev–Trinajstić information content (AvgIpc) is 2.49. The Morgan fingerprint density at radius 1 is 1.24 bits per heavy atom. The summed E-state index contributed by atoms with van der Waals surface area (Å²) in [5.74, 6) is 0.216. The summed E-state index contributed by atoms with van der Waals surface area (Å²) >= 11 is 1.51. The van der Waals surface area contributed by atoms with E-state index in [0.29, 0.717) is 17.0 Å². The minimum absolute atomic E-state index is 0.108. The van der Waals surface area contributed by atoms with Gasteiger partial charge in [-0.05, 0) is 37.6 Å². The number of hydrogen-bond acceptors (Lipinski definition) is 3. The molecule has 0 aliphatic heterocycles. The third-order valence-electron chi connectivity index (χ3n) is 3.02. The zero-order chi connectivity index (χ0) is 15.2. The van der Waals surface area contributed by atoms with Crippen molar-refractivity contribution in [2.24, 2.45) is 0 Å². The molecule has 2 aromatic carbocycles. The number of aryl methyl sites for hydroxylation is 2. The highest BCUT2D eigenvalue weighted by Crippen LogP contribution is 2.24. The molecule has 0 atom stereocenters. The molecule has 1 amide bonds. The van der Waals surface area contributed by atoms with Gasteiger partial charge in [-0.3, -0.25) is 4.79 Å². The molecule has 0 unspecified atom stereocenters. The Bertz CT molecular complexity index is 704. The third-order valence-corrected chi connectivity index (χ3v) is 4.18. The van der Waals surface area contributed by atoms with Crippen LogP contribution in [-0.4, -0.2) is 11.7 Å². The van der Waals surface area contributed by atoms with Gasteiger partial charge in [-0.15, -0.1) is 11.8 Å². The van der Waals surface area contributed by atoms with Crippen LogP contribution in [-0.2, 0) is 4.79 Å². The van der Waals surface area contributed by atoms with E-state index in [4.69, 9.17) is 5.26 Å². The van der Waals surface area contributed by atoms with Crippen LogP contribution in [0.2, 0.25) is 0 Å². The van der Waals surface area contributed by atoms with Crippen LogP contribution < -0.4 is 5.32 Å². The van der Waals surface area contributed by atoms with Crippen molar-refractivity contribution in [2.75, 3.05) is 11.1 Å². The Balaban J connectivity index is 2.00. The summed E-state index contributed by atoms with van der Waals surface area (Å²) in [4.78, 5) is 13.1. The maximum Gasteiger partial charge on any atom is 0.234 e. The highest BCUT2D eigenvalue weighted by atomic mass is 32.2. The third kappa shape index (κ3) is 4.11. The number of carbonyl (C=O) groups is 1. The normalized spacial score (nSPS) is 9.95. The lowest BCUT2D eigenvalue weighted by molar-refractivity contribution is -0.113. The van der Waals surface area contributed by atoms with E-state index in [1.807, 2.05) is 13.8 Å². The minimum Gasteiger partial charge on any atom is -0.324 e. The molecule has 4 heteroatoms. The molecule has 0 saturated carbocycles. The van der Waals surface area contributed by atoms with Gasteiger partial charge in [0.2, 0.25) is 5.91 Å². The molecule has 2 rings (SSSR count). The minimum atomic E-state index is -0.108. The van der Waals surface area contributed by atoms with Crippen molar-refractivity contribution in [1.29, 1.82) is 5.26 Å². The van der Waals surface area contributed by atoms with E-state index in [2.05, 4.69) is 29.6 Å². The lowest BCUT2D eigenvalue weighted by Gasteiger charge is -2.08. The van der Waals surface area contributed by atoms with Crippen LogP contribution in [0, 0.1) is 25.2 Å². The fourth-order valence-corrected chi connectivity index (χ4v) is 2.81. The first kappa shape index (κ1) is 15.1. The lowest BCUT2D eigenvalue weighted by Crippen LogP contribution is -2.14. The van der Waals surface area contributed by atoms with Gasteiger partial charge in [0.1, 0.15) is 6.07 Å². The van der Waals surface area contributed by atoms with Gasteiger partial charge < -0.3 is 5.32 Å². The second-order valence-electron chi connectivity index (χ2n) is 4.76. The van der Waals surface area contributed by atoms with Gasteiger partial charge in [-0.25, -0.2) is 0 Å². The van der Waals surface area contributed by atoms with E-state index in [9.17, 15) is 4.79 Å². The Kier molecular flexibility index (Phi) is 5.02. The molecule has 3 nitrogen and oxygen atoms in total. The quantitative estimate of drug-likeness (QED) is 0.870. The van der Waals surface area contributed by atoms with Crippen LogP contribution in [0.3, 0.4) is 0 Å². The van der Waals surface area contributed by atoms with Crippen molar-refractivity contribution >= 4 is 23.4 Å². The Morgan fingerprint density at radius 2 is 2.00 bits per heavy atom. The molecule has 1 N–H and O–H groups in total. The molecule has 0 aromatic heterocycles. The fraction of sp³-hybridized carbons (Fsp3) is 0.176. The summed E-state index contributed by atoms with van der Waals surface area (Å²) < 4.78 is 0. The fourth-order valence-electron chi connectivity index (χ4n) is 1.88. The summed E-state index contributed by atoms with van der Waals surface area (Å²) in [7, 11) is 0. The van der Waals surface area contributed by atoms with Crippen LogP contribution in [0.4, 0.5) is 5.69 Å². The second kappa shape index (κ2) is 6.96. The summed E-state index contributed by atoms with van der Waals surface area (Å²) in [6, 6.07) is 15.3. The van der Waals surface area contributed by atoms with Gasteiger partial charge in [0.05, 0.1) is 17.0 Å². The van der Waals surface area contributed by atoms with E-state index in [0.717, 1.165) is 10.5 Å². The summed E-state index contributed by atoms with van der Waals surface area (Å²) in [6.07, 6.45) is 0. The summed E-state index contributed by atoms with van der Waals surface area (Å²) in [5.41, 5.74) is 3.38. The molecule has 0 aliphatic carbocycles. The van der Waals surface area contributed by atoms with Crippen LogP contribution in [0.1, 0.15) is 16.7 Å². The average molecular weight is 296 g/mol. The van der Waals surface area contributed by atoms with E-state index >= 15 is 0 Å². The molecule has 21 heavy (non-hydrogen) atoms. The SMILES string of the molecule is Cc1ccc(C)c(SCC(=O)Nc2ccccc2C#N)c1. The van der Waals surface area contributed by atoms with Gasteiger partial charge in [0.15, 0.2) is 0 Å². The van der Waals surface area contributed by atoms with Crippen LogP contribution in [0.15, 0.2) is 47.4 Å². The predicted molar refractivity (Wildman–Crippen MR) is 86.4 cm³/mol. The molecule has 0 aliphatic rings. The van der Waals surface area contributed by atoms with Gasteiger partial charge in [0.25, 0.3) is 0 Å². The number of nitriles is 1. The van der Waals surface area contributed by atoms with Gasteiger partial charge in [-0.1, -0.05) is 29.8 Å². The number of amides is 1. The number of nitrogens with zero attached hydrogens (tertiary/aromatic N) is 1. The first-order valence-corrected chi connectivity index (χ1v) is 7.58. The topological polar surface area (TPSA) is 52.9 Å². The maximum absolute atomic E-state index is 12.0. The van der Waals surface area contributed by atoms with E-state index in [-0.39, 0.29) is 5.91 Å². The Hall–Kier alpha value is -2.25. The van der Waals surface area contributed by atoms with Gasteiger partial charge in [-0.2, -0.15) is 5.26 Å². The molecule has 2 aromatic rings. The predicted octanol–water partition coefficient (Wildman–Crippen LogP) is 3.91. The maximum atomic E-state index is 12.0. The zero-order valence-electron chi connectivity index (χ0n) is 12.0. The van der Waals surface area contributed by atoms with Crippen molar-refractivity contribution in [3.63, 3.8) is 0 Å². The lowest BCUT2D eigenvalue weighted by atomic mass is 10.2. The van der Waals surface area contributed by atoms with Crippen LogP contribution in [0.5, 0.6) is 0 Å². The van der Waals surface area contributed by atoms with Crippen molar-refractivity contribution in [2.45, 2.75) is 18.7 Å². The number of thioether (sulfide) groups is 1. The second-order valence-corrected chi connectivity index (χ2v) is 5.78. The number of rotatable bonds is 4. The largest absolute Gasteiger partial charge is 0.324 e. The summed E-state index contributed by atoms with van der Waals surface area (Å²) in [6.45, 7) is 4.07. The molecule has 106 valence electrons. The van der Waals surface area contributed by atoms with Gasteiger partial charge in [0, 0.05) is 4.90 Å². The highest BCUT2D eigenvalue weighted by Gasteiger charge is 2.08. The molecule has 0 saturated heterocycles. The van der Waals surface area contributed by atoms with Crippen LogP contribution in [0.25, 0.3) is 0 Å². The Morgan fingerprint density at radius 3 is 2.76 bits per heavy atom. The monoisotopic (exact) mass is 296 g/mol. The number of benzene rings is 2. The molecule has 0 spiro atoms. The van der Waals surface area contributed by atoms with Crippen molar-refractivity contribution in [1.82, 2.24) is 0 Å². The molecular weight excluding hydrogens is 280 g/mol. The zero-order valence-corrected chi connectivity index (χ0v) is 12.8. The number of carbonyl (C=O) groups excluding carboxylic acids is 1. The molecule has 0 bridgehead atoms. The van der Waals surface area contributed by atoms with E-state index in [1.165, 1.54) is 17.3 Å². The number of hydrogen-bond donors (Lipinski definition) is 1. The molecule has 0 heterocycles. The van der Waals surface area contributed by atoms with Crippen molar-refractivity contribution in [3.05, 3.63) is 59.2 Å². The van der Waals surface area contributed by atoms with Gasteiger partial charge >= 0.3 is 0 Å². The molecule has 0 radical (unpaired) electrons. The first-order chi connectivity index (χ1) is 10.1. The standard InChI is InChI=1S/C17H16N2OS/c1-12-7-8-13(2)16(9-12)21-11-17(20)19-15-6-4-3-5-14(15)10-18/h3-9H,11H2,1-2H3,(H,19,20). The number of para-hydroxylation sites is 1. The highest BCUT2D eigenvalue weighted by molar-refractivity contribution is 8.00. The number of anilines is 1. The number of nitrogens with one attached hydrogen (secondary N) is 1. The Labute approximate surface area is 129 Å². The molecule has 0 fully saturated rings.